The molecule has 0 atom stereocenters. The fourth-order valence-electron chi connectivity index (χ4n) is 3.82. The summed E-state index contributed by atoms with van der Waals surface area (Å²) in [6.45, 7) is 4.82. The zero-order chi connectivity index (χ0) is 25.4. The average molecular weight is 480 g/mol. The Labute approximate surface area is 206 Å². The number of hydrogen-bond donors (Lipinski definition) is 1. The van der Waals surface area contributed by atoms with Crippen LogP contribution in [-0.4, -0.2) is 76.3 Å². The molecule has 1 fully saturated rings. The van der Waals surface area contributed by atoms with Crippen molar-refractivity contribution >= 4 is 23.5 Å². The summed E-state index contributed by atoms with van der Waals surface area (Å²) in [5.74, 6) is 0.143. The highest BCUT2D eigenvalue weighted by Gasteiger charge is 2.27. The molecular formula is C27H33N3O5. The standard InChI is InChI=1S/C27H33N3O5/c1-19(21-16-22(33-3)18-23(17-21)34-4)25(27(32)35-5)24(15-20-9-7-6-8-10-20)26(31)28-30-13-11-29(2)12-14-30/h6-10,15-18H,11-14H2,1-5H3,(H,28,31)/b24-15+,25-19+. The molecule has 186 valence electrons. The van der Waals surface area contributed by atoms with E-state index in [0.717, 1.165) is 18.7 Å². The van der Waals surface area contributed by atoms with Gasteiger partial charge in [-0.3, -0.25) is 10.2 Å². The Bertz CT molecular complexity index is 1080. The predicted molar refractivity (Wildman–Crippen MR) is 136 cm³/mol. The summed E-state index contributed by atoms with van der Waals surface area (Å²) in [6, 6.07) is 14.7. The molecule has 1 aliphatic heterocycles. The molecule has 2 aromatic rings. The van der Waals surface area contributed by atoms with Gasteiger partial charge in [-0.15, -0.1) is 0 Å². The smallest absolute Gasteiger partial charge is 0.338 e. The van der Waals surface area contributed by atoms with Gasteiger partial charge in [0.1, 0.15) is 11.5 Å². The van der Waals surface area contributed by atoms with Gasteiger partial charge < -0.3 is 19.1 Å². The molecule has 0 aliphatic carbocycles. The number of nitrogens with one attached hydrogen (secondary N) is 1. The number of ether oxygens (including phenoxy) is 3. The largest absolute Gasteiger partial charge is 0.497 e. The van der Waals surface area contributed by atoms with Crippen LogP contribution in [0.4, 0.5) is 0 Å². The minimum Gasteiger partial charge on any atom is -0.497 e. The van der Waals surface area contributed by atoms with Crippen LogP contribution in [0, 0.1) is 0 Å². The highest BCUT2D eigenvalue weighted by Crippen LogP contribution is 2.32. The lowest BCUT2D eigenvalue weighted by Gasteiger charge is -2.32. The molecule has 0 unspecified atom stereocenters. The van der Waals surface area contributed by atoms with Gasteiger partial charge in [0.2, 0.25) is 0 Å². The summed E-state index contributed by atoms with van der Waals surface area (Å²) in [6.07, 6.45) is 1.71. The molecule has 8 nitrogen and oxygen atoms in total. The average Bonchev–Trinajstić information content (AvgIpc) is 2.89. The van der Waals surface area contributed by atoms with Crippen molar-refractivity contribution in [2.45, 2.75) is 6.92 Å². The molecule has 35 heavy (non-hydrogen) atoms. The van der Waals surface area contributed by atoms with Crippen LogP contribution in [0.3, 0.4) is 0 Å². The lowest BCUT2D eigenvalue weighted by molar-refractivity contribution is -0.136. The lowest BCUT2D eigenvalue weighted by atomic mass is 9.93. The maximum absolute atomic E-state index is 13.6. The number of likely N-dealkylation sites (N-methyl/N-ethyl adjacent to an activating group) is 1. The number of allylic oxidation sites excluding steroid dienone is 1. The quantitative estimate of drug-likeness (QED) is 0.354. The van der Waals surface area contributed by atoms with Crippen molar-refractivity contribution in [2.24, 2.45) is 0 Å². The first-order valence-electron chi connectivity index (χ1n) is 11.4. The summed E-state index contributed by atoms with van der Waals surface area (Å²) in [4.78, 5) is 28.9. The van der Waals surface area contributed by atoms with E-state index in [1.165, 1.54) is 7.11 Å². The van der Waals surface area contributed by atoms with Crippen LogP contribution in [0.2, 0.25) is 0 Å². The number of hydrazine groups is 1. The second-order valence-electron chi connectivity index (χ2n) is 8.29. The molecule has 0 saturated carbocycles. The van der Waals surface area contributed by atoms with Crippen molar-refractivity contribution < 1.29 is 23.8 Å². The molecule has 1 saturated heterocycles. The topological polar surface area (TPSA) is 80.3 Å². The third-order valence-corrected chi connectivity index (χ3v) is 5.94. The summed E-state index contributed by atoms with van der Waals surface area (Å²) < 4.78 is 15.9. The molecule has 8 heteroatoms. The molecule has 0 spiro atoms. The van der Waals surface area contributed by atoms with Crippen LogP contribution < -0.4 is 14.9 Å². The molecule has 1 aliphatic rings. The minimum atomic E-state index is -0.611. The van der Waals surface area contributed by atoms with Crippen LogP contribution in [0.5, 0.6) is 11.5 Å². The van der Waals surface area contributed by atoms with E-state index < -0.39 is 5.97 Å². The van der Waals surface area contributed by atoms with Crippen molar-refractivity contribution in [3.8, 4) is 11.5 Å². The van der Waals surface area contributed by atoms with E-state index in [1.807, 2.05) is 42.4 Å². The maximum Gasteiger partial charge on any atom is 0.338 e. The van der Waals surface area contributed by atoms with Crippen molar-refractivity contribution in [3.63, 3.8) is 0 Å². The van der Waals surface area contributed by atoms with Crippen molar-refractivity contribution in [1.29, 1.82) is 0 Å². The number of carbonyl (C=O) groups is 2. The molecule has 1 amide bonds. The summed E-state index contributed by atoms with van der Waals surface area (Å²) in [5.41, 5.74) is 5.37. The van der Waals surface area contributed by atoms with E-state index in [9.17, 15) is 9.59 Å². The highest BCUT2D eigenvalue weighted by atomic mass is 16.5. The van der Waals surface area contributed by atoms with Gasteiger partial charge in [0.15, 0.2) is 0 Å². The number of piperazine rings is 1. The number of amides is 1. The van der Waals surface area contributed by atoms with Crippen molar-refractivity contribution in [1.82, 2.24) is 15.3 Å². The highest BCUT2D eigenvalue weighted by molar-refractivity contribution is 6.16. The normalized spacial score (nSPS) is 15.7. The summed E-state index contributed by atoms with van der Waals surface area (Å²) in [5, 5.41) is 1.87. The fourth-order valence-corrected chi connectivity index (χ4v) is 3.82. The Morgan fingerprint density at radius 3 is 2.06 bits per heavy atom. The zero-order valence-corrected chi connectivity index (χ0v) is 21.0. The number of nitrogens with zero attached hydrogens (tertiary/aromatic N) is 2. The Kier molecular flexibility index (Phi) is 9.05. The third kappa shape index (κ3) is 6.71. The second-order valence-corrected chi connectivity index (χ2v) is 8.29. The van der Waals surface area contributed by atoms with E-state index in [4.69, 9.17) is 14.2 Å². The molecular weight excluding hydrogens is 446 g/mol. The SMILES string of the molecule is COC(=O)C(/C(=C\c1ccccc1)C(=O)NN1CCN(C)CC1)=C(\C)c1cc(OC)cc(OC)c1. The van der Waals surface area contributed by atoms with Crippen LogP contribution in [-0.2, 0) is 14.3 Å². The molecule has 2 aromatic carbocycles. The van der Waals surface area contributed by atoms with Crippen LogP contribution in [0.15, 0.2) is 59.7 Å². The molecule has 0 aromatic heterocycles. The summed E-state index contributed by atoms with van der Waals surface area (Å²) in [7, 11) is 6.47. The van der Waals surface area contributed by atoms with Crippen LogP contribution in [0.1, 0.15) is 18.1 Å². The Hall–Kier alpha value is -3.62. The predicted octanol–water partition coefficient (Wildman–Crippen LogP) is 3.01. The van der Waals surface area contributed by atoms with Gasteiger partial charge in [0, 0.05) is 32.2 Å². The molecule has 1 N–H and O–H groups in total. The van der Waals surface area contributed by atoms with E-state index >= 15 is 0 Å². The second kappa shape index (κ2) is 12.2. The van der Waals surface area contributed by atoms with Gasteiger partial charge >= 0.3 is 5.97 Å². The first-order chi connectivity index (χ1) is 16.9. The number of hydrogen-bond acceptors (Lipinski definition) is 7. The van der Waals surface area contributed by atoms with E-state index in [2.05, 4.69) is 10.3 Å². The summed E-state index contributed by atoms with van der Waals surface area (Å²) >= 11 is 0. The number of benzene rings is 2. The van der Waals surface area contributed by atoms with Crippen molar-refractivity contribution in [2.75, 3.05) is 54.6 Å². The molecule has 0 bridgehead atoms. The Morgan fingerprint density at radius 2 is 1.51 bits per heavy atom. The van der Waals surface area contributed by atoms with Crippen LogP contribution >= 0.6 is 0 Å². The van der Waals surface area contributed by atoms with E-state index in [1.54, 1.807) is 45.4 Å². The maximum atomic E-state index is 13.6. The Balaban J connectivity index is 2.13. The zero-order valence-electron chi connectivity index (χ0n) is 21.0. The van der Waals surface area contributed by atoms with Gasteiger partial charge in [-0.2, -0.15) is 0 Å². The molecule has 0 radical (unpaired) electrons. The van der Waals surface area contributed by atoms with E-state index in [-0.39, 0.29) is 17.1 Å². The van der Waals surface area contributed by atoms with E-state index in [0.29, 0.717) is 35.7 Å². The monoisotopic (exact) mass is 479 g/mol. The molecule has 1 heterocycles. The Morgan fingerprint density at radius 1 is 0.914 bits per heavy atom. The van der Waals surface area contributed by atoms with Crippen LogP contribution in [0.25, 0.3) is 11.6 Å². The fraction of sp³-hybridized carbons (Fsp3) is 0.333. The third-order valence-electron chi connectivity index (χ3n) is 5.94. The first kappa shape index (κ1) is 26.0. The first-order valence-corrected chi connectivity index (χ1v) is 11.4. The van der Waals surface area contributed by atoms with Gasteiger partial charge in [-0.25, -0.2) is 9.80 Å². The number of esters is 1. The lowest BCUT2D eigenvalue weighted by Crippen LogP contribution is -2.53. The van der Waals surface area contributed by atoms with Gasteiger partial charge in [0.25, 0.3) is 5.91 Å². The number of methoxy groups -OCH3 is 3. The minimum absolute atomic E-state index is 0.165. The molecule has 3 rings (SSSR count). The van der Waals surface area contributed by atoms with Gasteiger partial charge in [0.05, 0.1) is 32.5 Å². The number of carbonyl (C=O) groups excluding carboxylic acids is 2. The van der Waals surface area contributed by atoms with Gasteiger partial charge in [-0.1, -0.05) is 30.3 Å². The number of rotatable bonds is 8. The van der Waals surface area contributed by atoms with Gasteiger partial charge in [-0.05, 0) is 48.9 Å². The van der Waals surface area contributed by atoms with Crippen molar-refractivity contribution in [3.05, 3.63) is 70.8 Å².